The number of fused-ring (bicyclic) bond motifs is 5. The molecule has 4 saturated carbocycles. The molecule has 0 bridgehead atoms. The van der Waals surface area contributed by atoms with E-state index in [4.69, 9.17) is 28.4 Å². The molecule has 63 heavy (non-hydrogen) atoms. The van der Waals surface area contributed by atoms with Gasteiger partial charge >= 0.3 is 0 Å². The van der Waals surface area contributed by atoms with Gasteiger partial charge in [-0.2, -0.15) is 0 Å². The van der Waals surface area contributed by atoms with Crippen molar-refractivity contribution in [3.8, 4) is 0 Å². The summed E-state index contributed by atoms with van der Waals surface area (Å²) in [6.07, 6.45) is -14.0. The molecule has 7 fully saturated rings. The minimum Gasteiger partial charge on any atom is -0.393 e. The van der Waals surface area contributed by atoms with E-state index in [2.05, 4.69) is 40.7 Å². The molecule has 11 N–H and O–H groups in total. The highest BCUT2D eigenvalue weighted by Crippen LogP contribution is 2.76. The molecule has 0 radical (unpaired) electrons. The Labute approximate surface area is 371 Å². The Morgan fingerprint density at radius 2 is 1.25 bits per heavy atom. The first-order chi connectivity index (χ1) is 29.3. The quantitative estimate of drug-likeness (QED) is 0.117. The lowest BCUT2D eigenvalue weighted by Gasteiger charge is -2.71. The molecule has 0 aromatic rings. The molecule has 364 valence electrons. The Balaban J connectivity index is 1.07. The van der Waals surface area contributed by atoms with E-state index < -0.39 is 128 Å². The molecule has 4 aliphatic carbocycles. The summed E-state index contributed by atoms with van der Waals surface area (Å²) in [7, 11) is 0. The van der Waals surface area contributed by atoms with Crippen LogP contribution in [0, 0.1) is 45.3 Å². The summed E-state index contributed by atoms with van der Waals surface area (Å²) in [5.74, 6) is -0.536. The lowest BCUT2D eigenvalue weighted by Crippen LogP contribution is -2.70. The lowest BCUT2D eigenvalue weighted by atomic mass is 9.34. The third kappa shape index (κ3) is 8.53. The van der Waals surface area contributed by atoms with Crippen LogP contribution in [0.2, 0.25) is 0 Å². The van der Waals surface area contributed by atoms with Crippen LogP contribution in [-0.4, -0.2) is 180 Å². The first-order valence-corrected chi connectivity index (χ1v) is 23.3. The van der Waals surface area contributed by atoms with Gasteiger partial charge in [0.2, 0.25) is 0 Å². The van der Waals surface area contributed by atoms with Crippen molar-refractivity contribution in [1.29, 1.82) is 0 Å². The fourth-order valence-corrected chi connectivity index (χ4v) is 14.3. The van der Waals surface area contributed by atoms with Crippen LogP contribution in [0.5, 0.6) is 0 Å². The predicted molar refractivity (Wildman–Crippen MR) is 223 cm³/mol. The summed E-state index contributed by atoms with van der Waals surface area (Å²) in [5.41, 5.74) is -1.50. The number of ether oxygens (including phenoxy) is 6. The van der Waals surface area contributed by atoms with E-state index in [0.29, 0.717) is 38.5 Å². The van der Waals surface area contributed by atoms with Crippen molar-refractivity contribution in [2.75, 3.05) is 19.8 Å². The summed E-state index contributed by atoms with van der Waals surface area (Å²) in [6.45, 7) is 15.8. The van der Waals surface area contributed by atoms with Gasteiger partial charge in [-0.3, -0.25) is 0 Å². The van der Waals surface area contributed by atoms with Crippen molar-refractivity contribution in [2.45, 2.75) is 211 Å². The first-order valence-electron chi connectivity index (χ1n) is 23.3. The van der Waals surface area contributed by atoms with Crippen LogP contribution in [0.1, 0.15) is 107 Å². The van der Waals surface area contributed by atoms with E-state index in [1.54, 1.807) is 0 Å². The van der Waals surface area contributed by atoms with Crippen LogP contribution in [0.3, 0.4) is 0 Å². The molecule has 7 rings (SSSR count). The van der Waals surface area contributed by atoms with E-state index in [1.807, 2.05) is 20.8 Å². The molecule has 24 atom stereocenters. The van der Waals surface area contributed by atoms with Crippen molar-refractivity contribution >= 4 is 0 Å². The Bertz CT molecular complexity index is 1610. The molecule has 17 heteroatoms. The van der Waals surface area contributed by atoms with Crippen molar-refractivity contribution in [3.63, 3.8) is 0 Å². The summed E-state index contributed by atoms with van der Waals surface area (Å²) >= 11 is 0. The molecule has 0 spiro atoms. The molecular formula is C46H78O17. The Hall–Kier alpha value is -0.940. The van der Waals surface area contributed by atoms with Gasteiger partial charge in [0.1, 0.15) is 61.0 Å². The van der Waals surface area contributed by atoms with Gasteiger partial charge in [0.05, 0.1) is 43.7 Å². The van der Waals surface area contributed by atoms with Crippen LogP contribution < -0.4 is 0 Å². The highest BCUT2D eigenvalue weighted by atomic mass is 16.7. The second-order valence-electron chi connectivity index (χ2n) is 22.2. The first kappa shape index (κ1) is 50.0. The topological polar surface area (TPSA) is 278 Å². The maximum Gasteiger partial charge on any atom is 0.187 e. The van der Waals surface area contributed by atoms with Gasteiger partial charge in [0.15, 0.2) is 18.9 Å². The minimum atomic E-state index is -1.72. The number of allylic oxidation sites excluding steroid dienone is 2. The lowest BCUT2D eigenvalue weighted by molar-refractivity contribution is -0.342. The number of hydrogen-bond donors (Lipinski definition) is 11. The number of hydrogen-bond acceptors (Lipinski definition) is 17. The zero-order valence-corrected chi connectivity index (χ0v) is 38.3. The second kappa shape index (κ2) is 18.2. The van der Waals surface area contributed by atoms with Gasteiger partial charge in [-0.05, 0) is 117 Å². The average Bonchev–Trinajstić information content (AvgIpc) is 3.72. The summed E-state index contributed by atoms with van der Waals surface area (Å²) in [6, 6.07) is 0. The van der Waals surface area contributed by atoms with E-state index in [1.165, 1.54) is 0 Å². The largest absolute Gasteiger partial charge is 0.393 e. The van der Waals surface area contributed by atoms with Crippen LogP contribution in [0.15, 0.2) is 11.6 Å². The Kier molecular flexibility index (Phi) is 14.4. The van der Waals surface area contributed by atoms with Crippen molar-refractivity contribution < 1.29 is 84.6 Å². The van der Waals surface area contributed by atoms with Crippen molar-refractivity contribution in [1.82, 2.24) is 0 Å². The monoisotopic (exact) mass is 903 g/mol. The smallest absolute Gasteiger partial charge is 0.187 e. The third-order valence-corrected chi connectivity index (χ3v) is 17.9. The second-order valence-corrected chi connectivity index (χ2v) is 22.2. The molecule has 3 saturated heterocycles. The van der Waals surface area contributed by atoms with E-state index >= 15 is 0 Å². The van der Waals surface area contributed by atoms with E-state index in [-0.39, 0.29) is 41.1 Å². The van der Waals surface area contributed by atoms with Crippen molar-refractivity contribution in [2.24, 2.45) is 45.3 Å². The highest BCUT2D eigenvalue weighted by Gasteiger charge is 2.73. The number of aliphatic hydroxyl groups is 11. The van der Waals surface area contributed by atoms with Crippen LogP contribution in [0.25, 0.3) is 0 Å². The molecule has 17 nitrogen and oxygen atoms in total. The van der Waals surface area contributed by atoms with Crippen LogP contribution in [-0.2, 0) is 28.4 Å². The molecule has 0 aromatic carbocycles. The highest BCUT2D eigenvalue weighted by molar-refractivity contribution is 5.22. The van der Waals surface area contributed by atoms with Crippen molar-refractivity contribution in [3.05, 3.63) is 11.6 Å². The molecule has 1 unspecified atom stereocenters. The predicted octanol–water partition coefficient (Wildman–Crippen LogP) is 0.222. The van der Waals surface area contributed by atoms with Crippen LogP contribution >= 0.6 is 0 Å². The normalized spacial score (nSPS) is 52.9. The number of rotatable bonds is 12. The van der Waals surface area contributed by atoms with Gasteiger partial charge in [0, 0.05) is 0 Å². The van der Waals surface area contributed by atoms with Gasteiger partial charge in [0.25, 0.3) is 0 Å². The standard InChI is InChI=1S/C46H78O17/c1-21(2)10-9-13-46(8,22-11-15-44(6)30(22)23(47)16-28-43(5)14-12-29(50)42(3,4)38(43)24(48)17-45(28,44)7)63-41-37(57)34(54)32(52)26(62-41)20-60-40-36(56)33(53)27(61-40)19-59-39-35(55)31(51)25(49)18-58-39/h10,22-41,47-57H,9,11-20H2,1-8H3/t22-,23+,24-,25+,26+,27-,28+,29-,30-,31-,32+,33-,34-,35+,36+,37+,38?,39-,40+,41-,43+,44+,45+,46-/m0/s1. The van der Waals surface area contributed by atoms with E-state index in [9.17, 15) is 56.2 Å². The van der Waals surface area contributed by atoms with Gasteiger partial charge in [-0.15, -0.1) is 0 Å². The molecule has 7 aliphatic rings. The molecule has 0 amide bonds. The van der Waals surface area contributed by atoms with Gasteiger partial charge < -0.3 is 84.6 Å². The maximum atomic E-state index is 12.5. The zero-order valence-electron chi connectivity index (χ0n) is 38.3. The third-order valence-electron chi connectivity index (χ3n) is 17.9. The van der Waals surface area contributed by atoms with Gasteiger partial charge in [-0.25, -0.2) is 0 Å². The zero-order chi connectivity index (χ0) is 46.4. The average molecular weight is 903 g/mol. The summed E-state index contributed by atoms with van der Waals surface area (Å²) in [5, 5.41) is 121. The molecule has 3 aliphatic heterocycles. The molecule has 0 aromatic heterocycles. The summed E-state index contributed by atoms with van der Waals surface area (Å²) in [4.78, 5) is 0. The fourth-order valence-electron chi connectivity index (χ4n) is 14.3. The minimum absolute atomic E-state index is 0.0908. The molecular weight excluding hydrogens is 824 g/mol. The molecule has 3 heterocycles. The number of aliphatic hydroxyl groups excluding tert-OH is 11. The summed E-state index contributed by atoms with van der Waals surface area (Å²) < 4.78 is 35.4. The van der Waals surface area contributed by atoms with Crippen LogP contribution in [0.4, 0.5) is 0 Å². The van der Waals surface area contributed by atoms with E-state index in [0.717, 1.165) is 18.4 Å². The van der Waals surface area contributed by atoms with Gasteiger partial charge in [-0.1, -0.05) is 46.3 Å². The Morgan fingerprint density at radius 1 is 0.667 bits per heavy atom. The fraction of sp³-hybridized carbons (Fsp3) is 0.957. The maximum absolute atomic E-state index is 12.5. The Morgan fingerprint density at radius 3 is 1.90 bits per heavy atom. The SMILES string of the molecule is CC(C)=CCC[C@](C)(O[C@@H]1O[C@H](CO[C@@H]2O[C@@H](CO[C@@H]3OC[C@@H](O)[C@H](O)[C@H]3O)[C@H](O)[C@H]2O)[C@@H](O)[C@H](O)[C@H]1O)[C@H]1CC[C@]2(C)[C@@H]1[C@H](O)C[C@@H]1[C@@]3(C)CC[C@H](O)C(C)(C)C3[C@@H](O)C[C@]12C.